The van der Waals surface area contributed by atoms with E-state index in [1.165, 1.54) is 5.56 Å². The minimum absolute atomic E-state index is 0.0399. The molecule has 1 aliphatic rings. The number of aryl methyl sites for hydroxylation is 1. The highest BCUT2D eigenvalue weighted by Crippen LogP contribution is 2.42. The van der Waals surface area contributed by atoms with Crippen LogP contribution in [0.5, 0.6) is 5.75 Å². The first-order chi connectivity index (χ1) is 17.0. The maximum Gasteiger partial charge on any atom is 0.170 e. The van der Waals surface area contributed by atoms with Gasteiger partial charge in [0.25, 0.3) is 0 Å². The van der Waals surface area contributed by atoms with Crippen LogP contribution < -0.4 is 10.1 Å². The summed E-state index contributed by atoms with van der Waals surface area (Å²) in [7, 11) is 1.68. The minimum Gasteiger partial charge on any atom is -0.497 e. The number of hydrogen-bond acceptors (Lipinski definition) is 3. The van der Waals surface area contributed by atoms with E-state index in [1.54, 1.807) is 7.11 Å². The molecule has 1 aliphatic heterocycles. The molecule has 35 heavy (non-hydrogen) atoms. The molecule has 1 saturated heterocycles. The van der Waals surface area contributed by atoms with Crippen LogP contribution in [-0.2, 0) is 6.54 Å². The van der Waals surface area contributed by atoms with Crippen molar-refractivity contribution in [1.29, 1.82) is 0 Å². The number of halogens is 1. The fraction of sp³-hybridized carbons (Fsp3) is 0.214. The summed E-state index contributed by atoms with van der Waals surface area (Å²) in [5.74, 6) is 0.835. The third-order valence-corrected chi connectivity index (χ3v) is 7.26. The maximum atomic E-state index is 6.60. The Morgan fingerprint density at radius 1 is 1.03 bits per heavy atom. The largest absolute Gasteiger partial charge is 0.497 e. The second kappa shape index (κ2) is 9.72. The zero-order chi connectivity index (χ0) is 24.5. The highest BCUT2D eigenvalue weighted by Gasteiger charge is 2.41. The predicted octanol–water partition coefficient (Wildman–Crippen LogP) is 6.32. The Hall–Kier alpha value is -3.35. The number of pyridine rings is 1. The predicted molar refractivity (Wildman–Crippen MR) is 144 cm³/mol. The first-order valence-corrected chi connectivity index (χ1v) is 12.3. The van der Waals surface area contributed by atoms with Crippen molar-refractivity contribution in [2.24, 2.45) is 0 Å². The van der Waals surface area contributed by atoms with Gasteiger partial charge >= 0.3 is 0 Å². The second-order valence-electron chi connectivity index (χ2n) is 8.72. The lowest BCUT2D eigenvalue weighted by Gasteiger charge is -2.28. The third-order valence-electron chi connectivity index (χ3n) is 6.59. The van der Waals surface area contributed by atoms with Gasteiger partial charge in [-0.2, -0.15) is 0 Å². The normalized spacial score (nSPS) is 17.5. The van der Waals surface area contributed by atoms with Crippen LogP contribution in [-0.4, -0.2) is 26.7 Å². The number of rotatable bonds is 6. The van der Waals surface area contributed by atoms with E-state index >= 15 is 0 Å². The number of ether oxygens (including phenoxy) is 1. The number of para-hydroxylation sites is 1. The summed E-state index contributed by atoms with van der Waals surface area (Å²) in [6.07, 6.45) is 1.83. The van der Waals surface area contributed by atoms with Crippen molar-refractivity contribution in [3.8, 4) is 11.4 Å². The van der Waals surface area contributed by atoms with Crippen LogP contribution in [0.3, 0.4) is 0 Å². The van der Waals surface area contributed by atoms with E-state index in [1.807, 2.05) is 48.7 Å². The smallest absolute Gasteiger partial charge is 0.170 e. The second-order valence-corrected chi connectivity index (χ2v) is 9.51. The molecule has 0 saturated carbocycles. The van der Waals surface area contributed by atoms with Crippen LogP contribution in [0.2, 0.25) is 5.02 Å². The van der Waals surface area contributed by atoms with Gasteiger partial charge in [-0.25, -0.2) is 0 Å². The van der Waals surface area contributed by atoms with Gasteiger partial charge < -0.3 is 19.5 Å². The Bertz CT molecular complexity index is 1350. The van der Waals surface area contributed by atoms with Crippen molar-refractivity contribution in [2.75, 3.05) is 7.11 Å². The number of benzene rings is 2. The van der Waals surface area contributed by atoms with Gasteiger partial charge in [0.05, 0.1) is 35.6 Å². The molecular formula is C28H27ClN4OS. The van der Waals surface area contributed by atoms with Gasteiger partial charge in [0.2, 0.25) is 0 Å². The van der Waals surface area contributed by atoms with Gasteiger partial charge in [-0.1, -0.05) is 41.9 Å². The molecule has 5 nitrogen and oxygen atoms in total. The Labute approximate surface area is 216 Å². The lowest BCUT2D eigenvalue weighted by Crippen LogP contribution is -2.29. The summed E-state index contributed by atoms with van der Waals surface area (Å²) in [5.41, 5.74) is 6.53. The number of nitrogens with zero attached hydrogens (tertiary/aromatic N) is 3. The Morgan fingerprint density at radius 2 is 1.77 bits per heavy atom. The molecule has 2 atom stereocenters. The first-order valence-electron chi connectivity index (χ1n) is 11.5. The molecule has 0 spiro atoms. The van der Waals surface area contributed by atoms with Crippen molar-refractivity contribution in [3.05, 3.63) is 112 Å². The van der Waals surface area contributed by atoms with Gasteiger partial charge in [0.15, 0.2) is 5.11 Å². The summed E-state index contributed by atoms with van der Waals surface area (Å²) >= 11 is 12.5. The van der Waals surface area contributed by atoms with Crippen molar-refractivity contribution >= 4 is 28.9 Å². The lowest BCUT2D eigenvalue weighted by molar-refractivity contribution is 0.310. The highest BCUT2D eigenvalue weighted by atomic mass is 35.5. The molecule has 2 aromatic heterocycles. The average Bonchev–Trinajstić information content (AvgIpc) is 3.35. The van der Waals surface area contributed by atoms with Crippen LogP contribution in [0.15, 0.2) is 79.0 Å². The third kappa shape index (κ3) is 4.40. The van der Waals surface area contributed by atoms with Crippen LogP contribution in [0.25, 0.3) is 5.69 Å². The minimum atomic E-state index is -0.0813. The Kier molecular flexibility index (Phi) is 6.50. The number of thiocarbonyl (C=S) groups is 1. The van der Waals surface area contributed by atoms with Crippen molar-refractivity contribution < 1.29 is 4.74 Å². The fourth-order valence-corrected chi connectivity index (χ4v) is 5.46. The fourth-order valence-electron chi connectivity index (χ4n) is 4.93. The summed E-state index contributed by atoms with van der Waals surface area (Å²) < 4.78 is 7.56. The SMILES string of the molecule is COc1ccc(CN2C(=S)NC(c3ccccn3)C2c2cc(C)n(-c3ccccc3Cl)c2C)cc1. The monoisotopic (exact) mass is 502 g/mol. The molecule has 0 bridgehead atoms. The topological polar surface area (TPSA) is 42.3 Å². The Morgan fingerprint density at radius 3 is 2.46 bits per heavy atom. The van der Waals surface area contributed by atoms with Crippen LogP contribution >= 0.6 is 23.8 Å². The molecule has 4 aromatic rings. The molecular weight excluding hydrogens is 476 g/mol. The quantitative estimate of drug-likeness (QED) is 0.312. The van der Waals surface area contributed by atoms with Gasteiger partial charge in [-0.05, 0) is 79.7 Å². The highest BCUT2D eigenvalue weighted by molar-refractivity contribution is 7.80. The molecule has 0 radical (unpaired) electrons. The molecule has 2 aromatic carbocycles. The van der Waals surface area contributed by atoms with Crippen LogP contribution in [0.4, 0.5) is 0 Å². The van der Waals surface area contributed by atoms with E-state index < -0.39 is 0 Å². The van der Waals surface area contributed by atoms with E-state index in [0.29, 0.717) is 11.7 Å². The molecule has 1 fully saturated rings. The van der Waals surface area contributed by atoms with E-state index in [4.69, 9.17) is 28.6 Å². The van der Waals surface area contributed by atoms with Gasteiger partial charge in [-0.15, -0.1) is 0 Å². The molecule has 5 rings (SSSR count). The molecule has 0 aliphatic carbocycles. The number of aromatic nitrogens is 2. The molecule has 0 amide bonds. The standard InChI is InChI=1S/C28H27ClN4OS/c1-18-16-22(19(2)33(18)25-10-5-4-8-23(25)29)27-26(24-9-6-7-15-30-24)31-28(35)32(27)17-20-11-13-21(34-3)14-12-20/h4-16,26-27H,17H2,1-3H3,(H,31,35). The van der Waals surface area contributed by atoms with E-state index in [-0.39, 0.29) is 12.1 Å². The lowest BCUT2D eigenvalue weighted by atomic mass is 9.96. The molecule has 2 unspecified atom stereocenters. The zero-order valence-corrected chi connectivity index (χ0v) is 21.5. The van der Waals surface area contributed by atoms with Crippen LogP contribution in [0.1, 0.15) is 40.3 Å². The summed E-state index contributed by atoms with van der Waals surface area (Å²) in [4.78, 5) is 6.93. The Balaban J connectivity index is 1.60. The van der Waals surface area contributed by atoms with E-state index in [0.717, 1.165) is 39.1 Å². The zero-order valence-electron chi connectivity index (χ0n) is 19.9. The van der Waals surface area contributed by atoms with Gasteiger partial charge in [0.1, 0.15) is 5.75 Å². The number of nitrogens with one attached hydrogen (secondary N) is 1. The van der Waals surface area contributed by atoms with Crippen molar-refractivity contribution in [1.82, 2.24) is 19.8 Å². The van der Waals surface area contributed by atoms with Crippen molar-refractivity contribution in [2.45, 2.75) is 32.5 Å². The molecule has 178 valence electrons. The first kappa shape index (κ1) is 23.4. The number of hydrogen-bond donors (Lipinski definition) is 1. The van der Waals surface area contributed by atoms with E-state index in [9.17, 15) is 0 Å². The molecule has 7 heteroatoms. The number of methoxy groups -OCH3 is 1. The summed E-state index contributed by atoms with van der Waals surface area (Å²) in [6.45, 7) is 4.93. The van der Waals surface area contributed by atoms with Gasteiger partial charge in [0, 0.05) is 24.1 Å². The van der Waals surface area contributed by atoms with Crippen LogP contribution in [0, 0.1) is 13.8 Å². The summed E-state index contributed by atoms with van der Waals surface area (Å²) in [5, 5.41) is 4.99. The van der Waals surface area contributed by atoms with E-state index in [2.05, 4.69) is 63.9 Å². The molecule has 3 heterocycles. The van der Waals surface area contributed by atoms with Crippen molar-refractivity contribution in [3.63, 3.8) is 0 Å². The van der Waals surface area contributed by atoms with Gasteiger partial charge in [-0.3, -0.25) is 4.98 Å². The maximum absolute atomic E-state index is 6.60. The average molecular weight is 503 g/mol. The summed E-state index contributed by atoms with van der Waals surface area (Å²) in [6, 6.07) is 24.2. The molecule has 1 N–H and O–H groups in total.